The minimum absolute atomic E-state index is 0.00302. The summed E-state index contributed by atoms with van der Waals surface area (Å²) in [5.74, 6) is -0.0571. The van der Waals surface area contributed by atoms with Crippen molar-refractivity contribution in [2.24, 2.45) is 5.73 Å². The molecule has 1 amide bonds. The van der Waals surface area contributed by atoms with Gasteiger partial charge in [0, 0.05) is 12.1 Å². The Hall–Kier alpha value is -1.39. The molecule has 0 atom stereocenters. The smallest absolute Gasteiger partial charge is 0.251 e. The van der Waals surface area contributed by atoms with Crippen LogP contribution in [-0.2, 0) is 6.61 Å². The Labute approximate surface area is 108 Å². The number of carbonyl (C=O) groups excluding carboxylic acids is 1. The predicted molar refractivity (Wildman–Crippen MR) is 72.2 cm³/mol. The molecule has 0 aliphatic carbocycles. The van der Waals surface area contributed by atoms with E-state index in [0.717, 1.165) is 37.8 Å². The quantitative estimate of drug-likeness (QED) is 0.611. The normalized spacial score (nSPS) is 10.3. The number of hydrogen-bond acceptors (Lipinski definition) is 3. The minimum atomic E-state index is -0.0571. The monoisotopic (exact) mass is 250 g/mol. The molecule has 0 spiro atoms. The van der Waals surface area contributed by atoms with Crippen molar-refractivity contribution >= 4 is 5.91 Å². The van der Waals surface area contributed by atoms with Crippen LogP contribution in [0.4, 0.5) is 0 Å². The molecule has 4 heteroatoms. The molecular weight excluding hydrogens is 228 g/mol. The molecule has 0 bridgehead atoms. The summed E-state index contributed by atoms with van der Waals surface area (Å²) in [5.41, 5.74) is 6.85. The molecule has 0 aromatic heterocycles. The number of rotatable bonds is 8. The average Bonchev–Trinajstić information content (AvgIpc) is 2.42. The number of carbonyl (C=O) groups is 1. The van der Waals surface area contributed by atoms with Crippen LogP contribution in [0.15, 0.2) is 24.3 Å². The highest BCUT2D eigenvalue weighted by atomic mass is 16.3. The first-order valence-electron chi connectivity index (χ1n) is 6.46. The molecule has 1 rings (SSSR count). The van der Waals surface area contributed by atoms with Crippen molar-refractivity contribution < 1.29 is 9.90 Å². The number of amides is 1. The zero-order chi connectivity index (χ0) is 13.2. The molecule has 0 aliphatic rings. The first-order chi connectivity index (χ1) is 8.77. The van der Waals surface area contributed by atoms with Gasteiger partial charge in [0.25, 0.3) is 5.91 Å². The van der Waals surface area contributed by atoms with Crippen LogP contribution in [0.3, 0.4) is 0 Å². The Bertz CT molecular complexity index is 349. The van der Waals surface area contributed by atoms with Crippen LogP contribution in [0, 0.1) is 0 Å². The van der Waals surface area contributed by atoms with Crippen molar-refractivity contribution in [1.82, 2.24) is 5.32 Å². The van der Waals surface area contributed by atoms with E-state index in [1.165, 1.54) is 0 Å². The molecule has 1 aromatic rings. The third kappa shape index (κ3) is 5.29. The molecule has 1 aromatic carbocycles. The average molecular weight is 250 g/mol. The highest BCUT2D eigenvalue weighted by Crippen LogP contribution is 2.04. The van der Waals surface area contributed by atoms with Gasteiger partial charge in [0.2, 0.25) is 0 Å². The van der Waals surface area contributed by atoms with Crippen LogP contribution < -0.4 is 11.1 Å². The van der Waals surface area contributed by atoms with Crippen LogP contribution in [0.2, 0.25) is 0 Å². The lowest BCUT2D eigenvalue weighted by molar-refractivity contribution is 0.0953. The van der Waals surface area contributed by atoms with Crippen LogP contribution >= 0.6 is 0 Å². The summed E-state index contributed by atoms with van der Waals surface area (Å²) in [7, 11) is 0. The Morgan fingerprint density at radius 1 is 1.11 bits per heavy atom. The number of nitrogens with one attached hydrogen (secondary N) is 1. The van der Waals surface area contributed by atoms with Gasteiger partial charge in [-0.2, -0.15) is 0 Å². The van der Waals surface area contributed by atoms with Crippen LogP contribution in [0.1, 0.15) is 41.6 Å². The van der Waals surface area contributed by atoms with Crippen molar-refractivity contribution in [2.75, 3.05) is 13.1 Å². The molecule has 0 saturated heterocycles. The van der Waals surface area contributed by atoms with Crippen LogP contribution in [0.25, 0.3) is 0 Å². The molecule has 0 unspecified atom stereocenters. The molecular formula is C14H22N2O2. The van der Waals surface area contributed by atoms with Crippen LogP contribution in [-0.4, -0.2) is 24.1 Å². The van der Waals surface area contributed by atoms with E-state index in [1.807, 2.05) is 0 Å². The molecule has 0 saturated carbocycles. The first-order valence-corrected chi connectivity index (χ1v) is 6.46. The fourth-order valence-electron chi connectivity index (χ4n) is 1.69. The predicted octanol–water partition coefficient (Wildman–Crippen LogP) is 1.43. The first kappa shape index (κ1) is 14.7. The second-order valence-electron chi connectivity index (χ2n) is 4.31. The number of hydrogen-bond donors (Lipinski definition) is 3. The summed E-state index contributed by atoms with van der Waals surface area (Å²) in [4.78, 5) is 11.7. The van der Waals surface area contributed by atoms with E-state index in [0.29, 0.717) is 12.1 Å². The number of nitrogens with two attached hydrogens (primary N) is 1. The summed E-state index contributed by atoms with van der Waals surface area (Å²) < 4.78 is 0. The molecule has 0 radical (unpaired) electrons. The molecule has 18 heavy (non-hydrogen) atoms. The number of unbranched alkanes of at least 4 members (excludes halogenated alkanes) is 3. The number of aliphatic hydroxyl groups excluding tert-OH is 1. The van der Waals surface area contributed by atoms with Crippen molar-refractivity contribution in [1.29, 1.82) is 0 Å². The maximum Gasteiger partial charge on any atom is 0.251 e. The van der Waals surface area contributed by atoms with Crippen molar-refractivity contribution in [3.05, 3.63) is 35.4 Å². The van der Waals surface area contributed by atoms with E-state index in [1.54, 1.807) is 24.3 Å². The summed E-state index contributed by atoms with van der Waals surface area (Å²) in [5, 5.41) is 11.8. The standard InChI is InChI=1S/C14H22N2O2/c15-9-3-1-2-4-10-16-14(18)13-7-5-12(11-17)6-8-13/h5-8,17H,1-4,9-11,15H2,(H,16,18). The lowest BCUT2D eigenvalue weighted by atomic mass is 10.1. The fourth-order valence-corrected chi connectivity index (χ4v) is 1.69. The zero-order valence-corrected chi connectivity index (χ0v) is 10.7. The van der Waals surface area contributed by atoms with Gasteiger partial charge in [-0.15, -0.1) is 0 Å². The highest BCUT2D eigenvalue weighted by molar-refractivity contribution is 5.94. The van der Waals surface area contributed by atoms with E-state index in [4.69, 9.17) is 10.8 Å². The number of benzene rings is 1. The van der Waals surface area contributed by atoms with E-state index < -0.39 is 0 Å². The maximum absolute atomic E-state index is 11.7. The fraction of sp³-hybridized carbons (Fsp3) is 0.500. The van der Waals surface area contributed by atoms with Gasteiger partial charge in [-0.1, -0.05) is 25.0 Å². The largest absolute Gasteiger partial charge is 0.392 e. The third-order valence-corrected chi connectivity index (χ3v) is 2.82. The van der Waals surface area contributed by atoms with E-state index in [9.17, 15) is 4.79 Å². The minimum Gasteiger partial charge on any atom is -0.392 e. The Morgan fingerprint density at radius 2 is 1.78 bits per heavy atom. The van der Waals surface area contributed by atoms with Crippen molar-refractivity contribution in [3.8, 4) is 0 Å². The Balaban J connectivity index is 2.23. The lowest BCUT2D eigenvalue weighted by Gasteiger charge is -2.05. The topological polar surface area (TPSA) is 75.3 Å². The molecule has 4 nitrogen and oxygen atoms in total. The summed E-state index contributed by atoms with van der Waals surface area (Å²) in [6, 6.07) is 6.98. The second-order valence-corrected chi connectivity index (χ2v) is 4.31. The Morgan fingerprint density at radius 3 is 2.39 bits per heavy atom. The molecule has 0 aliphatic heterocycles. The third-order valence-electron chi connectivity index (χ3n) is 2.82. The van der Waals surface area contributed by atoms with Gasteiger partial charge in [-0.3, -0.25) is 4.79 Å². The van der Waals surface area contributed by atoms with Gasteiger partial charge in [0.05, 0.1) is 6.61 Å². The Kier molecular flexibility index (Phi) is 7.06. The maximum atomic E-state index is 11.7. The molecule has 0 fully saturated rings. The summed E-state index contributed by atoms with van der Waals surface area (Å²) in [6.45, 7) is 1.44. The van der Waals surface area contributed by atoms with Crippen molar-refractivity contribution in [3.63, 3.8) is 0 Å². The van der Waals surface area contributed by atoms with Crippen molar-refractivity contribution in [2.45, 2.75) is 32.3 Å². The second kappa shape index (κ2) is 8.66. The van der Waals surface area contributed by atoms with E-state index >= 15 is 0 Å². The SMILES string of the molecule is NCCCCCCNC(=O)c1ccc(CO)cc1. The molecule has 0 heterocycles. The summed E-state index contributed by atoms with van der Waals surface area (Å²) in [6.07, 6.45) is 4.26. The number of aliphatic hydroxyl groups is 1. The van der Waals surface area contributed by atoms with Gasteiger partial charge in [0.15, 0.2) is 0 Å². The van der Waals surface area contributed by atoms with Gasteiger partial charge >= 0.3 is 0 Å². The van der Waals surface area contributed by atoms with Gasteiger partial charge < -0.3 is 16.2 Å². The highest BCUT2D eigenvalue weighted by Gasteiger charge is 2.03. The van der Waals surface area contributed by atoms with Gasteiger partial charge in [-0.05, 0) is 37.1 Å². The van der Waals surface area contributed by atoms with Gasteiger partial charge in [-0.25, -0.2) is 0 Å². The zero-order valence-electron chi connectivity index (χ0n) is 10.7. The molecule has 100 valence electrons. The molecule has 4 N–H and O–H groups in total. The summed E-state index contributed by atoms with van der Waals surface area (Å²) >= 11 is 0. The lowest BCUT2D eigenvalue weighted by Crippen LogP contribution is -2.24. The van der Waals surface area contributed by atoms with Gasteiger partial charge in [0.1, 0.15) is 0 Å². The van der Waals surface area contributed by atoms with Crippen LogP contribution in [0.5, 0.6) is 0 Å². The van der Waals surface area contributed by atoms with E-state index in [2.05, 4.69) is 5.32 Å². The van der Waals surface area contributed by atoms with E-state index in [-0.39, 0.29) is 12.5 Å².